The Kier molecular flexibility index (Phi) is 10.4. The van der Waals surface area contributed by atoms with E-state index in [-0.39, 0.29) is 0 Å². The molecule has 0 aliphatic rings. The molecule has 1 aromatic carbocycles. The summed E-state index contributed by atoms with van der Waals surface area (Å²) in [5.74, 6) is 0.117. The number of para-hydroxylation sites is 1. The van der Waals surface area contributed by atoms with Gasteiger partial charge in [0.1, 0.15) is 5.82 Å². The van der Waals surface area contributed by atoms with Gasteiger partial charge in [0.15, 0.2) is 0 Å². The lowest BCUT2D eigenvalue weighted by Gasteiger charge is -2.23. The van der Waals surface area contributed by atoms with Crippen molar-refractivity contribution in [3.05, 3.63) is 35.9 Å². The van der Waals surface area contributed by atoms with Crippen LogP contribution in [0.5, 0.6) is 0 Å². The van der Waals surface area contributed by atoms with E-state index in [0.29, 0.717) is 23.5 Å². The molecule has 0 spiro atoms. The van der Waals surface area contributed by atoms with Crippen LogP contribution >= 0.6 is 0 Å². The number of pyridine rings is 1. The normalized spacial score (nSPS) is 11.8. The topological polar surface area (TPSA) is 80.0 Å². The van der Waals surface area contributed by atoms with Crippen molar-refractivity contribution in [1.29, 1.82) is 0 Å². The summed E-state index contributed by atoms with van der Waals surface area (Å²) in [6.45, 7) is 11.4. The maximum absolute atomic E-state index is 11.8. The summed E-state index contributed by atoms with van der Waals surface area (Å²) >= 11 is 0. The van der Waals surface area contributed by atoms with Crippen LogP contribution in [0.2, 0.25) is 0 Å². The predicted molar refractivity (Wildman–Crippen MR) is 116 cm³/mol. The van der Waals surface area contributed by atoms with Crippen LogP contribution in [0.15, 0.2) is 30.3 Å². The highest BCUT2D eigenvalue weighted by molar-refractivity contribution is 6.01. The summed E-state index contributed by atoms with van der Waals surface area (Å²) in [5, 5.41) is 7.93. The molecule has 0 saturated heterocycles. The Morgan fingerprint density at radius 3 is 2.30 bits per heavy atom. The van der Waals surface area contributed by atoms with Crippen LogP contribution in [0.3, 0.4) is 0 Å². The maximum Gasteiger partial charge on any atom is 0.252 e. The van der Waals surface area contributed by atoms with E-state index in [0.717, 1.165) is 43.1 Å². The van der Waals surface area contributed by atoms with Gasteiger partial charge in [0.05, 0.1) is 11.1 Å². The van der Waals surface area contributed by atoms with Gasteiger partial charge in [0, 0.05) is 24.0 Å². The molecule has 4 N–H and O–H groups in total. The molecule has 2 aromatic rings. The highest BCUT2D eigenvalue weighted by Gasteiger charge is 2.14. The highest BCUT2D eigenvalue weighted by atomic mass is 16.1. The van der Waals surface area contributed by atoms with Gasteiger partial charge in [-0.15, -0.1) is 0 Å². The molecule has 0 aliphatic heterocycles. The number of hydrogen-bond donors (Lipinski definition) is 3. The SMILES string of the molecule is CC.CCC(CC)NC(CC)CCNc1nc2ccccc2cc1C(N)=O. The average Bonchev–Trinajstić information content (AvgIpc) is 2.71. The van der Waals surface area contributed by atoms with Gasteiger partial charge in [-0.2, -0.15) is 0 Å². The van der Waals surface area contributed by atoms with Crippen LogP contribution in [0.25, 0.3) is 10.9 Å². The number of carbonyl (C=O) groups is 1. The molecule has 0 fully saturated rings. The Morgan fingerprint density at radius 2 is 1.70 bits per heavy atom. The van der Waals surface area contributed by atoms with Crippen molar-refractivity contribution in [2.24, 2.45) is 5.73 Å². The average molecular weight is 373 g/mol. The summed E-state index contributed by atoms with van der Waals surface area (Å²) in [6, 6.07) is 10.6. The molecule has 1 heterocycles. The van der Waals surface area contributed by atoms with Gasteiger partial charge in [-0.3, -0.25) is 4.79 Å². The number of amides is 1. The van der Waals surface area contributed by atoms with Crippen molar-refractivity contribution in [3.63, 3.8) is 0 Å². The van der Waals surface area contributed by atoms with Crippen molar-refractivity contribution in [2.45, 2.75) is 72.4 Å². The summed E-state index contributed by atoms with van der Waals surface area (Å²) in [7, 11) is 0. The molecule has 5 nitrogen and oxygen atoms in total. The van der Waals surface area contributed by atoms with Crippen molar-refractivity contribution in [3.8, 4) is 0 Å². The van der Waals surface area contributed by atoms with Crippen molar-refractivity contribution >= 4 is 22.6 Å². The Morgan fingerprint density at radius 1 is 1.07 bits per heavy atom. The van der Waals surface area contributed by atoms with Crippen LogP contribution in [0.1, 0.15) is 70.7 Å². The summed E-state index contributed by atoms with van der Waals surface area (Å²) in [4.78, 5) is 16.4. The molecule has 1 amide bonds. The Bertz CT molecular complexity index is 698. The molecule has 150 valence electrons. The highest BCUT2D eigenvalue weighted by Crippen LogP contribution is 2.20. The number of anilines is 1. The number of fused-ring (bicyclic) bond motifs is 1. The predicted octanol–water partition coefficient (Wildman–Crippen LogP) is 4.72. The fraction of sp³-hybridized carbons (Fsp3) is 0.545. The third-order valence-electron chi connectivity index (χ3n) is 4.72. The Hall–Kier alpha value is -2.14. The molecule has 0 radical (unpaired) electrons. The molecule has 27 heavy (non-hydrogen) atoms. The first-order valence-corrected chi connectivity index (χ1v) is 10.3. The zero-order valence-corrected chi connectivity index (χ0v) is 17.5. The van der Waals surface area contributed by atoms with Gasteiger partial charge in [0.25, 0.3) is 5.91 Å². The lowest BCUT2D eigenvalue weighted by atomic mass is 10.1. The van der Waals surface area contributed by atoms with Crippen LogP contribution in [-0.2, 0) is 0 Å². The van der Waals surface area contributed by atoms with Crippen molar-refractivity contribution < 1.29 is 4.79 Å². The lowest BCUT2D eigenvalue weighted by molar-refractivity contribution is 0.100. The van der Waals surface area contributed by atoms with Crippen LogP contribution in [-0.4, -0.2) is 29.5 Å². The van der Waals surface area contributed by atoms with Crippen LogP contribution in [0, 0.1) is 0 Å². The van der Waals surface area contributed by atoms with E-state index in [1.807, 2.05) is 44.2 Å². The maximum atomic E-state index is 11.8. The number of aromatic nitrogens is 1. The van der Waals surface area contributed by atoms with Gasteiger partial charge in [-0.1, -0.05) is 52.8 Å². The van der Waals surface area contributed by atoms with E-state index >= 15 is 0 Å². The van der Waals surface area contributed by atoms with Gasteiger partial charge >= 0.3 is 0 Å². The fourth-order valence-electron chi connectivity index (χ4n) is 3.07. The second-order valence-electron chi connectivity index (χ2n) is 6.44. The largest absolute Gasteiger partial charge is 0.369 e. The Labute approximate surface area is 164 Å². The number of nitrogens with zero attached hydrogens (tertiary/aromatic N) is 1. The van der Waals surface area contributed by atoms with Crippen molar-refractivity contribution in [1.82, 2.24) is 10.3 Å². The number of benzene rings is 1. The lowest BCUT2D eigenvalue weighted by Crippen LogP contribution is -2.38. The first-order valence-electron chi connectivity index (χ1n) is 10.3. The molecule has 1 atom stereocenters. The number of carbonyl (C=O) groups excluding carboxylic acids is 1. The quantitative estimate of drug-likeness (QED) is 0.564. The summed E-state index contributed by atoms with van der Waals surface area (Å²) in [6.07, 6.45) is 4.32. The fourth-order valence-corrected chi connectivity index (χ4v) is 3.07. The molecule has 0 saturated carbocycles. The van der Waals surface area contributed by atoms with Gasteiger partial charge in [-0.05, 0) is 37.8 Å². The molecular weight excluding hydrogens is 336 g/mol. The van der Waals surface area contributed by atoms with Crippen LogP contribution in [0.4, 0.5) is 5.82 Å². The van der Waals surface area contributed by atoms with E-state index in [1.165, 1.54) is 0 Å². The molecule has 2 rings (SSSR count). The molecular formula is C22H36N4O. The third kappa shape index (κ3) is 6.83. The second-order valence-corrected chi connectivity index (χ2v) is 6.44. The number of rotatable bonds is 10. The van der Waals surface area contributed by atoms with Gasteiger partial charge in [0.2, 0.25) is 0 Å². The standard InChI is InChI=1S/C20H30N4O.C2H6/c1-4-15(5-2)23-16(6-3)11-12-22-20-17(19(21)25)13-14-9-7-8-10-18(14)24-20;1-2/h7-10,13,15-16,23H,4-6,11-12H2,1-3H3,(H2,21,25)(H,22,24);1-2H3. The molecule has 1 unspecified atom stereocenters. The summed E-state index contributed by atoms with van der Waals surface area (Å²) < 4.78 is 0. The number of nitrogens with two attached hydrogens (primary N) is 1. The van der Waals surface area contributed by atoms with Gasteiger partial charge < -0.3 is 16.4 Å². The zero-order valence-electron chi connectivity index (χ0n) is 17.5. The minimum absolute atomic E-state index is 0.444. The number of primary amides is 1. The Balaban J connectivity index is 0.00000176. The van der Waals surface area contributed by atoms with Crippen molar-refractivity contribution in [2.75, 3.05) is 11.9 Å². The smallest absolute Gasteiger partial charge is 0.252 e. The number of nitrogens with one attached hydrogen (secondary N) is 2. The zero-order chi connectivity index (χ0) is 20.2. The van der Waals surface area contributed by atoms with E-state index in [2.05, 4.69) is 36.4 Å². The first-order chi connectivity index (χ1) is 13.1. The molecule has 5 heteroatoms. The van der Waals surface area contributed by atoms with E-state index < -0.39 is 5.91 Å². The third-order valence-corrected chi connectivity index (χ3v) is 4.72. The van der Waals surface area contributed by atoms with E-state index in [4.69, 9.17) is 5.73 Å². The minimum Gasteiger partial charge on any atom is -0.369 e. The molecule has 1 aromatic heterocycles. The van der Waals surface area contributed by atoms with E-state index in [9.17, 15) is 4.79 Å². The first kappa shape index (κ1) is 22.9. The minimum atomic E-state index is -0.456. The monoisotopic (exact) mass is 372 g/mol. The van der Waals surface area contributed by atoms with E-state index in [1.54, 1.807) is 0 Å². The number of hydrogen-bond acceptors (Lipinski definition) is 4. The summed E-state index contributed by atoms with van der Waals surface area (Å²) in [5.41, 5.74) is 6.84. The van der Waals surface area contributed by atoms with Crippen LogP contribution < -0.4 is 16.4 Å². The van der Waals surface area contributed by atoms with Gasteiger partial charge in [-0.25, -0.2) is 4.98 Å². The molecule has 0 bridgehead atoms. The molecule has 0 aliphatic carbocycles. The second kappa shape index (κ2) is 12.3.